The van der Waals surface area contributed by atoms with Gasteiger partial charge in [0.2, 0.25) is 0 Å². The fourth-order valence-corrected chi connectivity index (χ4v) is 7.72. The monoisotopic (exact) mass is 322 g/mol. The van der Waals surface area contributed by atoms with Crippen LogP contribution in [0.25, 0.3) is 0 Å². The second-order valence-corrected chi connectivity index (χ2v) is 10.1. The zero-order chi connectivity index (χ0) is 15.8. The number of ether oxygens (including phenoxy) is 3. The first kappa shape index (κ1) is 14.9. The van der Waals surface area contributed by atoms with Crippen LogP contribution in [0.1, 0.15) is 46.1 Å². The molecule has 4 fully saturated rings. The number of benzene rings is 1. The van der Waals surface area contributed by atoms with Crippen LogP contribution in [0.15, 0.2) is 24.3 Å². The third kappa shape index (κ3) is 2.05. The van der Waals surface area contributed by atoms with Gasteiger partial charge in [0, 0.05) is 12.8 Å². The highest BCUT2D eigenvalue weighted by molar-refractivity contribution is 7.56. The Morgan fingerprint density at radius 2 is 1.45 bits per heavy atom. The third-order valence-corrected chi connectivity index (χ3v) is 7.34. The first-order valence-corrected chi connectivity index (χ1v) is 9.06. The van der Waals surface area contributed by atoms with Gasteiger partial charge < -0.3 is 18.7 Å². The molecule has 4 atom stereocenters. The molecule has 0 amide bonds. The fraction of sp³-hybridized carbons (Fsp3) is 0.647. The fourth-order valence-electron chi connectivity index (χ4n) is 4.51. The Morgan fingerprint density at radius 1 is 0.909 bits per heavy atom. The minimum Gasteiger partial charge on any atom is -0.468 e. The second-order valence-electron chi connectivity index (χ2n) is 7.43. The molecule has 120 valence electrons. The minimum absolute atomic E-state index is 0.357. The molecule has 0 radical (unpaired) electrons. The van der Waals surface area contributed by atoms with Crippen molar-refractivity contribution < 1.29 is 18.7 Å². The maximum Gasteiger partial charge on any atom is 0.173 e. The zero-order valence-electron chi connectivity index (χ0n) is 13.8. The van der Waals surface area contributed by atoms with Gasteiger partial charge in [-0.15, -0.1) is 0 Å². The summed E-state index contributed by atoms with van der Waals surface area (Å²) in [6.45, 7) is 10.4. The summed E-state index contributed by atoms with van der Waals surface area (Å²) in [7, 11) is -0.951. The van der Waals surface area contributed by atoms with Crippen LogP contribution >= 0.6 is 8.15 Å². The van der Waals surface area contributed by atoms with Gasteiger partial charge in [0.25, 0.3) is 0 Å². The van der Waals surface area contributed by atoms with Gasteiger partial charge in [0.05, 0.1) is 0 Å². The normalized spacial score (nSPS) is 49.4. The predicted octanol–water partition coefficient (Wildman–Crippen LogP) is 4.51. The van der Waals surface area contributed by atoms with Gasteiger partial charge >= 0.3 is 0 Å². The van der Waals surface area contributed by atoms with E-state index < -0.39 is 19.7 Å². The van der Waals surface area contributed by atoms with Crippen LogP contribution in [-0.2, 0) is 14.2 Å². The first-order chi connectivity index (χ1) is 10.2. The molecular weight excluding hydrogens is 299 g/mol. The molecule has 4 aliphatic heterocycles. The summed E-state index contributed by atoms with van der Waals surface area (Å²) in [6.07, 6.45) is 1.39. The molecule has 4 saturated heterocycles. The van der Waals surface area contributed by atoms with E-state index in [0.717, 1.165) is 11.3 Å². The summed E-state index contributed by atoms with van der Waals surface area (Å²) in [5.74, 6) is -0.238. The molecule has 0 saturated carbocycles. The largest absolute Gasteiger partial charge is 0.468 e. The van der Waals surface area contributed by atoms with E-state index in [1.165, 1.54) is 0 Å². The lowest BCUT2D eigenvalue weighted by molar-refractivity contribution is -0.469. The molecule has 0 unspecified atom stereocenters. The number of rotatable bonds is 2. The third-order valence-electron chi connectivity index (χ3n) is 4.74. The van der Waals surface area contributed by atoms with Gasteiger partial charge in [-0.2, -0.15) is 0 Å². The van der Waals surface area contributed by atoms with Gasteiger partial charge in [-0.1, -0.05) is 18.2 Å². The van der Waals surface area contributed by atoms with E-state index in [4.69, 9.17) is 18.7 Å². The van der Waals surface area contributed by atoms with E-state index in [0.29, 0.717) is 12.8 Å². The molecule has 5 heteroatoms. The van der Waals surface area contributed by atoms with E-state index in [2.05, 4.69) is 26.8 Å². The van der Waals surface area contributed by atoms with E-state index in [1.807, 2.05) is 32.0 Å². The van der Waals surface area contributed by atoms with Crippen LogP contribution in [0.4, 0.5) is 0 Å². The summed E-state index contributed by atoms with van der Waals surface area (Å²) in [6, 6.07) is 8.13. The van der Waals surface area contributed by atoms with E-state index in [1.54, 1.807) is 0 Å². The van der Waals surface area contributed by atoms with Crippen molar-refractivity contribution in [3.05, 3.63) is 29.8 Å². The highest BCUT2D eigenvalue weighted by atomic mass is 31.1. The summed E-state index contributed by atoms with van der Waals surface area (Å²) in [5.41, 5.74) is 1.14. The van der Waals surface area contributed by atoms with Gasteiger partial charge in [0.1, 0.15) is 16.4 Å². The molecule has 1 aromatic carbocycles. The number of aryl methyl sites for hydroxylation is 1. The summed E-state index contributed by atoms with van der Waals surface area (Å²) < 4.78 is 25.2. The summed E-state index contributed by atoms with van der Waals surface area (Å²) >= 11 is 0. The van der Waals surface area contributed by atoms with Gasteiger partial charge in [-0.3, -0.25) is 0 Å². The van der Waals surface area contributed by atoms with Crippen molar-refractivity contribution in [3.8, 4) is 5.75 Å². The van der Waals surface area contributed by atoms with E-state index in [9.17, 15) is 0 Å². The van der Waals surface area contributed by atoms with E-state index in [-0.39, 0.29) is 10.7 Å². The first-order valence-electron chi connectivity index (χ1n) is 7.80. The maximum absolute atomic E-state index is 6.48. The Kier molecular flexibility index (Phi) is 2.87. The van der Waals surface area contributed by atoms with Crippen molar-refractivity contribution in [2.45, 2.75) is 69.7 Å². The van der Waals surface area contributed by atoms with Crippen molar-refractivity contribution in [1.29, 1.82) is 0 Å². The molecule has 0 N–H and O–H groups in total. The Hall–Kier alpha value is -0.670. The average molecular weight is 322 g/mol. The predicted molar refractivity (Wildman–Crippen MR) is 84.8 cm³/mol. The quantitative estimate of drug-likeness (QED) is 0.751. The molecule has 0 aliphatic carbocycles. The van der Waals surface area contributed by atoms with Crippen molar-refractivity contribution in [1.82, 2.24) is 0 Å². The minimum atomic E-state index is -0.951. The summed E-state index contributed by atoms with van der Waals surface area (Å²) in [4.78, 5) is 0. The van der Waals surface area contributed by atoms with Crippen molar-refractivity contribution >= 4 is 8.15 Å². The molecular formula is C17H23O4P. The van der Waals surface area contributed by atoms with Crippen LogP contribution in [0, 0.1) is 6.92 Å². The van der Waals surface area contributed by atoms with Crippen molar-refractivity contribution in [3.63, 3.8) is 0 Å². The topological polar surface area (TPSA) is 36.9 Å². The Morgan fingerprint density at radius 3 is 2.00 bits per heavy atom. The molecule has 4 nitrogen and oxygen atoms in total. The van der Waals surface area contributed by atoms with Crippen LogP contribution in [0.2, 0.25) is 0 Å². The lowest BCUT2D eigenvalue weighted by Crippen LogP contribution is -2.71. The molecule has 5 rings (SSSR count). The molecule has 0 spiro atoms. The van der Waals surface area contributed by atoms with Crippen LogP contribution in [-0.4, -0.2) is 22.3 Å². The maximum atomic E-state index is 6.48. The van der Waals surface area contributed by atoms with Crippen LogP contribution in [0.3, 0.4) is 0 Å². The molecule has 1 aromatic rings. The molecule has 22 heavy (non-hydrogen) atoms. The van der Waals surface area contributed by atoms with Crippen molar-refractivity contribution in [2.75, 3.05) is 0 Å². The van der Waals surface area contributed by atoms with Crippen LogP contribution in [0.5, 0.6) is 5.75 Å². The second kappa shape index (κ2) is 4.24. The molecule has 4 heterocycles. The standard InChI is InChI=1S/C17H23O4P/c1-12-8-6-7-9-13(12)18-22-16(4)10-14(2)19-15(3,21-16)11-17(22,5)20-14/h6-9H,10-11H2,1-5H3/t14-,15-,16+,17+/m0/s1. The van der Waals surface area contributed by atoms with Crippen LogP contribution < -0.4 is 4.52 Å². The number of hydrogen-bond acceptors (Lipinski definition) is 4. The highest BCUT2D eigenvalue weighted by Crippen LogP contribution is 2.76. The van der Waals surface area contributed by atoms with E-state index >= 15 is 0 Å². The molecule has 4 bridgehead atoms. The Balaban J connectivity index is 1.74. The van der Waals surface area contributed by atoms with Crippen molar-refractivity contribution in [2.24, 2.45) is 0 Å². The molecule has 0 aromatic heterocycles. The zero-order valence-corrected chi connectivity index (χ0v) is 14.7. The highest BCUT2D eigenvalue weighted by Gasteiger charge is 2.73. The Bertz CT molecular complexity index is 587. The lowest BCUT2D eigenvalue weighted by Gasteiger charge is -2.68. The average Bonchev–Trinajstić information content (AvgIpc) is 2.31. The molecule has 4 aliphatic rings. The van der Waals surface area contributed by atoms with Gasteiger partial charge in [0.15, 0.2) is 19.7 Å². The summed E-state index contributed by atoms with van der Waals surface area (Å²) in [5, 5.41) is -0.713. The van der Waals surface area contributed by atoms with Gasteiger partial charge in [-0.25, -0.2) is 0 Å². The number of hydrogen-bond donors (Lipinski definition) is 0. The lowest BCUT2D eigenvalue weighted by atomic mass is 9.98. The SMILES string of the molecule is Cc1ccccc1OP1[C@]2(C)C[C@@]3(C)O[C@](C)(C[C@]1(C)O3)O2. The smallest absolute Gasteiger partial charge is 0.173 e. The van der Waals surface area contributed by atoms with Gasteiger partial charge in [-0.05, 0) is 46.2 Å². The Labute approximate surface area is 132 Å². The number of para-hydroxylation sites is 1.